The van der Waals surface area contributed by atoms with Crippen LogP contribution in [0.1, 0.15) is 19.3 Å². The Morgan fingerprint density at radius 2 is 2.14 bits per heavy atom. The molecule has 0 aromatic carbocycles. The average Bonchev–Trinajstić information content (AvgIpc) is 2.74. The maximum absolute atomic E-state index is 11.4. The predicted octanol–water partition coefficient (Wildman–Crippen LogP) is 0.579. The number of nitrogens with zero attached hydrogens (tertiary/aromatic N) is 1. The molecule has 14 heavy (non-hydrogen) atoms. The number of ether oxygens (including phenoxy) is 1. The lowest BCUT2D eigenvalue weighted by molar-refractivity contribution is 0.0684. The van der Waals surface area contributed by atoms with Crippen LogP contribution in [-0.4, -0.2) is 42.8 Å². The topological polar surface area (TPSA) is 41.6 Å². The molecule has 1 saturated carbocycles. The van der Waals surface area contributed by atoms with E-state index < -0.39 is 0 Å². The summed E-state index contributed by atoms with van der Waals surface area (Å²) in [5.74, 6) is 0.597. The lowest BCUT2D eigenvalue weighted by atomic mass is 10.0. The Hall–Kier alpha value is -0.770. The minimum absolute atomic E-state index is 0.155. The minimum Gasteiger partial charge on any atom is -0.445 e. The highest BCUT2D eigenvalue weighted by atomic mass is 16.6. The van der Waals surface area contributed by atoms with Gasteiger partial charge in [-0.1, -0.05) is 0 Å². The van der Waals surface area contributed by atoms with Crippen LogP contribution in [0.3, 0.4) is 0 Å². The van der Waals surface area contributed by atoms with Crippen molar-refractivity contribution in [3.63, 3.8) is 0 Å². The lowest BCUT2D eigenvalue weighted by Gasteiger charge is -2.22. The Kier molecular flexibility index (Phi) is 1.90. The molecule has 0 radical (unpaired) electrons. The van der Waals surface area contributed by atoms with Crippen molar-refractivity contribution in [3.8, 4) is 0 Å². The first kappa shape index (κ1) is 8.53. The van der Waals surface area contributed by atoms with Gasteiger partial charge in [-0.15, -0.1) is 0 Å². The van der Waals surface area contributed by atoms with E-state index in [4.69, 9.17) is 4.74 Å². The summed E-state index contributed by atoms with van der Waals surface area (Å²) in [5.41, 5.74) is 0. The molecule has 4 heteroatoms. The number of carbonyl (C=O) groups excluding carboxylic acids is 1. The number of hydrogen-bond acceptors (Lipinski definition) is 3. The molecule has 3 fully saturated rings. The van der Waals surface area contributed by atoms with Crippen molar-refractivity contribution in [3.05, 3.63) is 0 Å². The Morgan fingerprint density at radius 1 is 1.29 bits per heavy atom. The zero-order chi connectivity index (χ0) is 9.54. The first-order chi connectivity index (χ1) is 6.81. The van der Waals surface area contributed by atoms with E-state index in [0.717, 1.165) is 25.9 Å². The standard InChI is InChI=1S/C10H16N2O2/c13-10(11-8-1-2-8)14-9-6-12-4-3-7(9)5-12/h7-9H,1-6H2,(H,11,13). The van der Waals surface area contributed by atoms with E-state index >= 15 is 0 Å². The van der Waals surface area contributed by atoms with Crippen LogP contribution in [0.2, 0.25) is 0 Å². The van der Waals surface area contributed by atoms with Gasteiger partial charge in [-0.3, -0.25) is 4.90 Å². The molecule has 2 heterocycles. The van der Waals surface area contributed by atoms with E-state index in [-0.39, 0.29) is 12.2 Å². The summed E-state index contributed by atoms with van der Waals surface area (Å²) < 4.78 is 5.40. The summed E-state index contributed by atoms with van der Waals surface area (Å²) in [6.45, 7) is 3.26. The molecule has 3 aliphatic rings. The van der Waals surface area contributed by atoms with Gasteiger partial charge in [0.25, 0.3) is 0 Å². The van der Waals surface area contributed by atoms with Crippen molar-refractivity contribution in [1.82, 2.24) is 10.2 Å². The van der Waals surface area contributed by atoms with E-state index in [0.29, 0.717) is 12.0 Å². The lowest BCUT2D eigenvalue weighted by Crippen LogP contribution is -2.36. The van der Waals surface area contributed by atoms with Crippen molar-refractivity contribution in [2.45, 2.75) is 31.4 Å². The zero-order valence-electron chi connectivity index (χ0n) is 8.24. The zero-order valence-corrected chi connectivity index (χ0v) is 8.24. The largest absolute Gasteiger partial charge is 0.445 e. The minimum atomic E-state index is -0.203. The molecule has 0 aromatic heterocycles. The van der Waals surface area contributed by atoms with Gasteiger partial charge in [0.15, 0.2) is 0 Å². The average molecular weight is 196 g/mol. The Morgan fingerprint density at radius 3 is 2.71 bits per heavy atom. The monoisotopic (exact) mass is 196 g/mol. The molecule has 1 aliphatic carbocycles. The van der Waals surface area contributed by atoms with Crippen molar-refractivity contribution >= 4 is 6.09 Å². The molecular weight excluding hydrogens is 180 g/mol. The Bertz CT molecular complexity index is 253. The molecule has 4 nitrogen and oxygen atoms in total. The fraction of sp³-hybridized carbons (Fsp3) is 0.900. The van der Waals surface area contributed by atoms with Crippen molar-refractivity contribution in [1.29, 1.82) is 0 Å². The molecule has 3 atom stereocenters. The number of piperidine rings is 1. The molecule has 1 amide bonds. The summed E-state index contributed by atoms with van der Waals surface area (Å²) in [6.07, 6.45) is 3.39. The third-order valence-corrected chi connectivity index (χ3v) is 3.43. The highest BCUT2D eigenvalue weighted by Gasteiger charge is 2.40. The number of carbonyl (C=O) groups is 1. The van der Waals surface area contributed by atoms with Crippen LogP contribution in [0.25, 0.3) is 0 Å². The second-order valence-electron chi connectivity index (χ2n) is 4.67. The maximum Gasteiger partial charge on any atom is 0.407 e. The second-order valence-corrected chi connectivity index (χ2v) is 4.67. The number of fused-ring (bicyclic) bond motifs is 2. The molecule has 1 N–H and O–H groups in total. The van der Waals surface area contributed by atoms with Crippen LogP contribution in [0.5, 0.6) is 0 Å². The van der Waals surface area contributed by atoms with Crippen LogP contribution in [0.15, 0.2) is 0 Å². The van der Waals surface area contributed by atoms with Crippen LogP contribution >= 0.6 is 0 Å². The molecular formula is C10H16N2O2. The van der Waals surface area contributed by atoms with Gasteiger partial charge in [0.05, 0.1) is 0 Å². The van der Waals surface area contributed by atoms with Crippen molar-refractivity contribution < 1.29 is 9.53 Å². The number of nitrogens with one attached hydrogen (secondary N) is 1. The third-order valence-electron chi connectivity index (χ3n) is 3.43. The van der Waals surface area contributed by atoms with E-state index in [1.165, 1.54) is 13.0 Å². The van der Waals surface area contributed by atoms with E-state index in [9.17, 15) is 4.79 Å². The second kappa shape index (κ2) is 3.12. The molecule has 3 unspecified atom stereocenters. The summed E-state index contributed by atoms with van der Waals surface area (Å²) in [4.78, 5) is 13.7. The highest BCUT2D eigenvalue weighted by Crippen LogP contribution is 2.30. The fourth-order valence-corrected chi connectivity index (χ4v) is 2.43. The molecule has 2 aliphatic heterocycles. The van der Waals surface area contributed by atoms with Gasteiger partial charge in [0.1, 0.15) is 6.10 Å². The van der Waals surface area contributed by atoms with Crippen molar-refractivity contribution in [2.75, 3.05) is 19.6 Å². The van der Waals surface area contributed by atoms with Gasteiger partial charge in [-0.2, -0.15) is 0 Å². The predicted molar refractivity (Wildman–Crippen MR) is 51.0 cm³/mol. The van der Waals surface area contributed by atoms with Gasteiger partial charge in [0.2, 0.25) is 0 Å². The van der Waals surface area contributed by atoms with Gasteiger partial charge in [-0.25, -0.2) is 4.79 Å². The SMILES string of the molecule is O=C(NC1CC1)OC1CN2CCC1C2. The van der Waals surface area contributed by atoms with Gasteiger partial charge < -0.3 is 10.1 Å². The molecule has 3 rings (SSSR count). The fourth-order valence-electron chi connectivity index (χ4n) is 2.43. The Labute approximate surface area is 83.6 Å². The number of hydrogen-bond donors (Lipinski definition) is 1. The molecule has 78 valence electrons. The molecule has 2 saturated heterocycles. The van der Waals surface area contributed by atoms with Crippen LogP contribution in [0.4, 0.5) is 4.79 Å². The normalized spacial score (nSPS) is 39.9. The first-order valence-corrected chi connectivity index (χ1v) is 5.51. The summed E-state index contributed by atoms with van der Waals surface area (Å²) >= 11 is 0. The van der Waals surface area contributed by atoms with Gasteiger partial charge >= 0.3 is 6.09 Å². The third kappa shape index (κ3) is 1.59. The molecule has 2 bridgehead atoms. The molecule has 0 spiro atoms. The highest BCUT2D eigenvalue weighted by molar-refractivity contribution is 5.68. The summed E-state index contributed by atoms with van der Waals surface area (Å²) in [5, 5.41) is 2.86. The number of rotatable bonds is 2. The van der Waals surface area contributed by atoms with Crippen LogP contribution < -0.4 is 5.32 Å². The first-order valence-electron chi connectivity index (χ1n) is 5.51. The smallest absolute Gasteiger partial charge is 0.407 e. The summed E-state index contributed by atoms with van der Waals surface area (Å²) in [6, 6.07) is 0.404. The quantitative estimate of drug-likeness (QED) is 0.702. The summed E-state index contributed by atoms with van der Waals surface area (Å²) in [7, 11) is 0. The van der Waals surface area contributed by atoms with E-state index in [1.54, 1.807) is 0 Å². The van der Waals surface area contributed by atoms with E-state index in [2.05, 4.69) is 10.2 Å². The number of amides is 1. The van der Waals surface area contributed by atoms with Gasteiger partial charge in [-0.05, 0) is 25.8 Å². The van der Waals surface area contributed by atoms with Gasteiger partial charge in [0, 0.05) is 25.0 Å². The Balaban J connectivity index is 1.49. The van der Waals surface area contributed by atoms with Crippen molar-refractivity contribution in [2.24, 2.45) is 5.92 Å². The maximum atomic E-state index is 11.4. The molecule has 0 aromatic rings. The van der Waals surface area contributed by atoms with Crippen LogP contribution in [0, 0.1) is 5.92 Å². The van der Waals surface area contributed by atoms with E-state index in [1.807, 2.05) is 0 Å². The van der Waals surface area contributed by atoms with Crippen LogP contribution in [-0.2, 0) is 4.74 Å². The number of alkyl carbamates (subject to hydrolysis) is 1.